The van der Waals surface area contributed by atoms with Gasteiger partial charge in [0.2, 0.25) is 5.91 Å². The van der Waals surface area contributed by atoms with Gasteiger partial charge in [-0.3, -0.25) is 4.79 Å². The summed E-state index contributed by atoms with van der Waals surface area (Å²) in [6, 6.07) is 16.7. The molecule has 2 aromatic rings. The summed E-state index contributed by atoms with van der Waals surface area (Å²) in [5.74, 6) is 2.17. The number of para-hydroxylation sites is 1. The van der Waals surface area contributed by atoms with E-state index in [0.717, 1.165) is 49.5 Å². The molecular formula is C26H34N2O3. The maximum atomic E-state index is 13.7. The van der Waals surface area contributed by atoms with Gasteiger partial charge in [-0.05, 0) is 37.3 Å². The Hall–Kier alpha value is -2.53. The summed E-state index contributed by atoms with van der Waals surface area (Å²) in [6.07, 6.45) is 2.05. The molecule has 2 aromatic carbocycles. The van der Waals surface area contributed by atoms with E-state index in [4.69, 9.17) is 9.47 Å². The number of ether oxygens (including phenoxy) is 2. The monoisotopic (exact) mass is 422 g/mol. The molecule has 0 bridgehead atoms. The number of likely N-dealkylation sites (tertiary alicyclic amines) is 1. The molecule has 4 rings (SSSR count). The largest absolute Gasteiger partial charge is 0.493 e. The third-order valence-corrected chi connectivity index (χ3v) is 7.09. The van der Waals surface area contributed by atoms with E-state index < -0.39 is 0 Å². The fourth-order valence-electron chi connectivity index (χ4n) is 5.27. The van der Waals surface area contributed by atoms with Gasteiger partial charge in [-0.25, -0.2) is 0 Å². The molecule has 2 heterocycles. The van der Waals surface area contributed by atoms with Gasteiger partial charge < -0.3 is 19.7 Å². The summed E-state index contributed by atoms with van der Waals surface area (Å²) in [4.78, 5) is 15.7. The van der Waals surface area contributed by atoms with Crippen LogP contribution >= 0.6 is 0 Å². The Morgan fingerprint density at radius 1 is 1.13 bits per heavy atom. The van der Waals surface area contributed by atoms with Crippen LogP contribution in [0.2, 0.25) is 0 Å². The van der Waals surface area contributed by atoms with Gasteiger partial charge >= 0.3 is 0 Å². The van der Waals surface area contributed by atoms with Gasteiger partial charge in [-0.2, -0.15) is 0 Å². The van der Waals surface area contributed by atoms with Crippen molar-refractivity contribution in [2.24, 2.45) is 5.92 Å². The van der Waals surface area contributed by atoms with Crippen molar-refractivity contribution in [3.8, 4) is 11.5 Å². The van der Waals surface area contributed by atoms with Crippen LogP contribution in [0, 0.1) is 5.92 Å². The Labute approximate surface area is 185 Å². The number of nitrogens with one attached hydrogen (secondary N) is 1. The molecule has 2 aliphatic rings. The quantitative estimate of drug-likeness (QED) is 0.765. The highest BCUT2D eigenvalue weighted by Crippen LogP contribution is 2.45. The predicted molar refractivity (Wildman–Crippen MR) is 123 cm³/mol. The van der Waals surface area contributed by atoms with E-state index in [1.165, 1.54) is 5.56 Å². The molecule has 2 aliphatic heterocycles. The first-order valence-corrected chi connectivity index (χ1v) is 11.4. The van der Waals surface area contributed by atoms with E-state index in [2.05, 4.69) is 53.5 Å². The highest BCUT2D eigenvalue weighted by Gasteiger charge is 2.48. The molecule has 0 aliphatic carbocycles. The van der Waals surface area contributed by atoms with E-state index in [1.807, 2.05) is 19.1 Å². The number of rotatable bonds is 6. The van der Waals surface area contributed by atoms with Gasteiger partial charge in [0.05, 0.1) is 19.6 Å². The Bertz CT molecular complexity index is 893. The minimum absolute atomic E-state index is 0.118. The zero-order chi connectivity index (χ0) is 21.8. The number of piperidine rings is 1. The average molecular weight is 423 g/mol. The summed E-state index contributed by atoms with van der Waals surface area (Å²) in [5.41, 5.74) is 2.10. The number of methoxy groups -OCH3 is 1. The zero-order valence-electron chi connectivity index (χ0n) is 18.9. The summed E-state index contributed by atoms with van der Waals surface area (Å²) in [5, 5.41) is 3.48. The average Bonchev–Trinajstić information content (AvgIpc) is 3.22. The van der Waals surface area contributed by atoms with Crippen molar-refractivity contribution < 1.29 is 14.3 Å². The Morgan fingerprint density at radius 2 is 1.87 bits per heavy atom. The van der Waals surface area contributed by atoms with E-state index in [0.29, 0.717) is 19.1 Å². The van der Waals surface area contributed by atoms with Crippen LogP contribution < -0.4 is 14.8 Å². The Kier molecular flexibility index (Phi) is 6.51. The number of amides is 1. The minimum atomic E-state index is -0.341. The molecule has 5 heteroatoms. The maximum Gasteiger partial charge on any atom is 0.227 e. The van der Waals surface area contributed by atoms with Crippen molar-refractivity contribution in [3.63, 3.8) is 0 Å². The number of nitrogens with zero attached hydrogens (tertiary/aromatic N) is 1. The van der Waals surface area contributed by atoms with Crippen molar-refractivity contribution in [1.82, 2.24) is 10.2 Å². The Balaban J connectivity index is 1.53. The summed E-state index contributed by atoms with van der Waals surface area (Å²) in [6.45, 7) is 7.80. The molecule has 1 amide bonds. The van der Waals surface area contributed by atoms with Gasteiger partial charge in [-0.15, -0.1) is 0 Å². The van der Waals surface area contributed by atoms with Gasteiger partial charge in [0, 0.05) is 37.2 Å². The first kappa shape index (κ1) is 21.7. The second-order valence-corrected chi connectivity index (χ2v) is 8.88. The lowest BCUT2D eigenvalue weighted by Gasteiger charge is -2.38. The van der Waals surface area contributed by atoms with Crippen molar-refractivity contribution in [2.45, 2.75) is 38.0 Å². The molecule has 2 atom stereocenters. The number of benzene rings is 2. The van der Waals surface area contributed by atoms with Crippen LogP contribution in [-0.2, 0) is 10.2 Å². The third kappa shape index (κ3) is 4.16. The van der Waals surface area contributed by atoms with E-state index in [9.17, 15) is 4.79 Å². The number of carbonyl (C=O) groups excluding carboxylic acids is 1. The standard InChI is InChI=1S/C26H34N2O3/c1-4-31-24-21(11-8-12-23(24)30-3)26(2)18-27-17-22(26)25(29)28-15-13-20(14-16-28)19-9-6-5-7-10-19/h5-12,20,22,27H,4,13-18H2,1-3H3. The molecular weight excluding hydrogens is 388 g/mol. The van der Waals surface area contributed by atoms with Crippen LogP contribution in [0.5, 0.6) is 11.5 Å². The zero-order valence-corrected chi connectivity index (χ0v) is 18.9. The molecule has 0 spiro atoms. The number of hydrogen-bond donors (Lipinski definition) is 1. The van der Waals surface area contributed by atoms with Crippen LogP contribution in [0.4, 0.5) is 0 Å². The van der Waals surface area contributed by atoms with Crippen molar-refractivity contribution in [2.75, 3.05) is 39.9 Å². The fourth-order valence-corrected chi connectivity index (χ4v) is 5.27. The predicted octanol–water partition coefficient (Wildman–Crippen LogP) is 3.98. The smallest absolute Gasteiger partial charge is 0.227 e. The van der Waals surface area contributed by atoms with E-state index >= 15 is 0 Å². The molecule has 2 unspecified atom stereocenters. The van der Waals surface area contributed by atoms with Gasteiger partial charge in [-0.1, -0.05) is 49.4 Å². The second-order valence-electron chi connectivity index (χ2n) is 8.88. The normalized spacial score (nSPS) is 24.2. The van der Waals surface area contributed by atoms with Crippen LogP contribution in [0.1, 0.15) is 43.7 Å². The van der Waals surface area contributed by atoms with Crippen molar-refractivity contribution in [1.29, 1.82) is 0 Å². The van der Waals surface area contributed by atoms with Crippen molar-refractivity contribution in [3.05, 3.63) is 59.7 Å². The summed E-state index contributed by atoms with van der Waals surface area (Å²) >= 11 is 0. The molecule has 166 valence electrons. The van der Waals surface area contributed by atoms with Gasteiger partial charge in [0.25, 0.3) is 0 Å². The first-order chi connectivity index (χ1) is 15.1. The molecule has 0 radical (unpaired) electrons. The molecule has 5 nitrogen and oxygen atoms in total. The molecule has 0 saturated carbocycles. The second kappa shape index (κ2) is 9.31. The SMILES string of the molecule is CCOc1c(OC)cccc1C1(C)CNCC1C(=O)N1CCC(c2ccccc2)CC1. The maximum absolute atomic E-state index is 13.7. The van der Waals surface area contributed by atoms with Crippen LogP contribution in [0.25, 0.3) is 0 Å². The highest BCUT2D eigenvalue weighted by molar-refractivity contribution is 5.82. The summed E-state index contributed by atoms with van der Waals surface area (Å²) in [7, 11) is 1.66. The topological polar surface area (TPSA) is 50.8 Å². The number of hydrogen-bond acceptors (Lipinski definition) is 4. The lowest BCUT2D eigenvalue weighted by molar-refractivity contribution is -0.137. The first-order valence-electron chi connectivity index (χ1n) is 11.4. The molecule has 0 aromatic heterocycles. The third-order valence-electron chi connectivity index (χ3n) is 7.09. The van der Waals surface area contributed by atoms with Gasteiger partial charge in [0.15, 0.2) is 11.5 Å². The van der Waals surface area contributed by atoms with Crippen LogP contribution in [-0.4, -0.2) is 50.7 Å². The van der Waals surface area contributed by atoms with E-state index in [-0.39, 0.29) is 17.2 Å². The number of carbonyl (C=O) groups is 1. The molecule has 1 N–H and O–H groups in total. The molecule has 2 saturated heterocycles. The van der Waals surface area contributed by atoms with Crippen LogP contribution in [0.3, 0.4) is 0 Å². The van der Waals surface area contributed by atoms with E-state index in [1.54, 1.807) is 7.11 Å². The summed E-state index contributed by atoms with van der Waals surface area (Å²) < 4.78 is 11.6. The van der Waals surface area contributed by atoms with Crippen molar-refractivity contribution >= 4 is 5.91 Å². The molecule has 31 heavy (non-hydrogen) atoms. The highest BCUT2D eigenvalue weighted by atomic mass is 16.5. The lowest BCUT2D eigenvalue weighted by Crippen LogP contribution is -2.47. The molecule has 2 fully saturated rings. The Morgan fingerprint density at radius 3 is 2.55 bits per heavy atom. The lowest BCUT2D eigenvalue weighted by atomic mass is 9.72. The van der Waals surface area contributed by atoms with Gasteiger partial charge in [0.1, 0.15) is 0 Å². The van der Waals surface area contributed by atoms with Crippen LogP contribution in [0.15, 0.2) is 48.5 Å². The fraction of sp³-hybridized carbons (Fsp3) is 0.500. The minimum Gasteiger partial charge on any atom is -0.493 e.